The molecule has 0 bridgehead atoms. The molecule has 15 heavy (non-hydrogen) atoms. The number of hydrogen-bond donors (Lipinski definition) is 1. The van der Waals surface area contributed by atoms with Gasteiger partial charge in [-0.15, -0.1) is 0 Å². The molecule has 0 radical (unpaired) electrons. The van der Waals surface area contributed by atoms with E-state index in [1.54, 1.807) is 0 Å². The number of aryl methyl sites for hydroxylation is 1. The van der Waals surface area contributed by atoms with Crippen LogP contribution in [0.2, 0.25) is 0 Å². The van der Waals surface area contributed by atoms with Gasteiger partial charge >= 0.3 is 0 Å². The predicted octanol–water partition coefficient (Wildman–Crippen LogP) is 3.07. The molecule has 1 aromatic rings. The van der Waals surface area contributed by atoms with Crippen LogP contribution < -0.4 is 0 Å². The molecule has 0 amide bonds. The van der Waals surface area contributed by atoms with E-state index in [1.807, 2.05) is 4.68 Å². The zero-order valence-electron chi connectivity index (χ0n) is 10.2. The number of aromatic hydroxyl groups is 1. The largest absolute Gasteiger partial charge is 0.504 e. The van der Waals surface area contributed by atoms with Crippen molar-refractivity contribution in [1.82, 2.24) is 9.78 Å². The lowest BCUT2D eigenvalue weighted by atomic mass is 10.1. The Hall–Kier alpha value is -0.990. The van der Waals surface area contributed by atoms with Gasteiger partial charge in [0.15, 0.2) is 5.75 Å². The molecule has 0 fully saturated rings. The monoisotopic (exact) mass is 210 g/mol. The minimum absolute atomic E-state index is 0.321. The molecule has 86 valence electrons. The molecule has 1 rings (SSSR count). The Morgan fingerprint density at radius 1 is 1.33 bits per heavy atom. The molecule has 0 unspecified atom stereocenters. The molecule has 0 saturated carbocycles. The van der Waals surface area contributed by atoms with E-state index >= 15 is 0 Å². The van der Waals surface area contributed by atoms with Gasteiger partial charge in [-0.2, -0.15) is 5.10 Å². The van der Waals surface area contributed by atoms with E-state index in [4.69, 9.17) is 0 Å². The van der Waals surface area contributed by atoms with Gasteiger partial charge in [-0.1, -0.05) is 20.3 Å². The third-order valence-electron chi connectivity index (χ3n) is 2.64. The van der Waals surface area contributed by atoms with E-state index in [0.717, 1.165) is 37.1 Å². The topological polar surface area (TPSA) is 38.0 Å². The second-order valence-electron chi connectivity index (χ2n) is 4.24. The normalized spacial score (nSPS) is 11.3. The van der Waals surface area contributed by atoms with Gasteiger partial charge in [-0.3, -0.25) is 4.68 Å². The molecule has 0 aliphatic heterocycles. The summed E-state index contributed by atoms with van der Waals surface area (Å²) in [5.74, 6) is 0.416. The molecule has 0 spiro atoms. The van der Waals surface area contributed by atoms with Gasteiger partial charge in [0.25, 0.3) is 0 Å². The molecular formula is C12H22N2O. The summed E-state index contributed by atoms with van der Waals surface area (Å²) in [6.07, 6.45) is 3.94. The summed E-state index contributed by atoms with van der Waals surface area (Å²) in [5.41, 5.74) is 1.83. The highest BCUT2D eigenvalue weighted by Crippen LogP contribution is 2.26. The Morgan fingerprint density at radius 3 is 2.40 bits per heavy atom. The summed E-state index contributed by atoms with van der Waals surface area (Å²) in [7, 11) is 0. The first kappa shape index (κ1) is 12.1. The lowest BCUT2D eigenvalue weighted by molar-refractivity contribution is 0.452. The summed E-state index contributed by atoms with van der Waals surface area (Å²) >= 11 is 0. The third-order valence-corrected chi connectivity index (χ3v) is 2.64. The second kappa shape index (κ2) is 5.19. The molecular weight excluding hydrogens is 188 g/mol. The number of hydrogen-bond acceptors (Lipinski definition) is 2. The summed E-state index contributed by atoms with van der Waals surface area (Å²) in [6.45, 7) is 8.39. The smallest absolute Gasteiger partial charge is 0.160 e. The highest BCUT2D eigenvalue weighted by molar-refractivity contribution is 5.32. The van der Waals surface area contributed by atoms with Gasteiger partial charge in [0.1, 0.15) is 5.69 Å². The van der Waals surface area contributed by atoms with Crippen molar-refractivity contribution >= 4 is 0 Å². The van der Waals surface area contributed by atoms with Crippen molar-refractivity contribution in [1.29, 1.82) is 0 Å². The maximum Gasteiger partial charge on any atom is 0.160 e. The van der Waals surface area contributed by atoms with Crippen LogP contribution in [0.25, 0.3) is 0 Å². The second-order valence-corrected chi connectivity index (χ2v) is 4.24. The van der Waals surface area contributed by atoms with Crippen LogP contribution in [0, 0.1) is 0 Å². The van der Waals surface area contributed by atoms with Crippen LogP contribution in [0.5, 0.6) is 5.75 Å². The van der Waals surface area contributed by atoms with Gasteiger partial charge in [-0.05, 0) is 33.1 Å². The van der Waals surface area contributed by atoms with Gasteiger partial charge in [0, 0.05) is 6.04 Å². The van der Waals surface area contributed by atoms with Gasteiger partial charge in [0.05, 0.1) is 5.69 Å². The van der Waals surface area contributed by atoms with Crippen molar-refractivity contribution in [3.05, 3.63) is 11.4 Å². The van der Waals surface area contributed by atoms with Crippen molar-refractivity contribution < 1.29 is 5.11 Å². The van der Waals surface area contributed by atoms with Crippen LogP contribution >= 0.6 is 0 Å². The van der Waals surface area contributed by atoms with Crippen molar-refractivity contribution in [3.8, 4) is 5.75 Å². The molecule has 0 aliphatic carbocycles. The molecule has 0 aliphatic rings. The summed E-state index contributed by atoms with van der Waals surface area (Å²) < 4.78 is 1.94. The molecule has 0 saturated heterocycles. The molecule has 1 N–H and O–H groups in total. The minimum Gasteiger partial charge on any atom is -0.504 e. The molecule has 0 atom stereocenters. The quantitative estimate of drug-likeness (QED) is 0.811. The fourth-order valence-electron chi connectivity index (χ4n) is 1.78. The highest BCUT2D eigenvalue weighted by Gasteiger charge is 2.16. The number of nitrogens with zero attached hydrogens (tertiary/aromatic N) is 2. The van der Waals surface area contributed by atoms with Crippen molar-refractivity contribution in [2.24, 2.45) is 0 Å². The number of rotatable bonds is 5. The van der Waals surface area contributed by atoms with Gasteiger partial charge < -0.3 is 5.11 Å². The van der Waals surface area contributed by atoms with Crippen LogP contribution in [0.15, 0.2) is 0 Å². The minimum atomic E-state index is 0.321. The van der Waals surface area contributed by atoms with Crippen LogP contribution in [-0.2, 0) is 12.8 Å². The van der Waals surface area contributed by atoms with E-state index in [1.165, 1.54) is 0 Å². The lowest BCUT2D eigenvalue weighted by Crippen LogP contribution is -2.07. The van der Waals surface area contributed by atoms with Crippen molar-refractivity contribution in [2.45, 2.75) is 59.4 Å². The maximum absolute atomic E-state index is 10.0. The molecule has 1 aromatic heterocycles. The predicted molar refractivity (Wildman–Crippen MR) is 62.3 cm³/mol. The molecule has 3 nitrogen and oxygen atoms in total. The Balaban J connectivity index is 2.98. The summed E-state index contributed by atoms with van der Waals surface area (Å²) in [6, 6.07) is 0.321. The van der Waals surface area contributed by atoms with E-state index in [9.17, 15) is 5.11 Å². The van der Waals surface area contributed by atoms with Crippen LogP contribution in [-0.4, -0.2) is 14.9 Å². The Bertz CT molecular complexity index is 316. The Kier molecular flexibility index (Phi) is 4.18. The van der Waals surface area contributed by atoms with Crippen molar-refractivity contribution in [3.63, 3.8) is 0 Å². The SMILES string of the molecule is CCCCc1nn(C(C)C)c(CC)c1O. The standard InChI is InChI=1S/C12H22N2O/c1-5-7-8-10-12(15)11(6-2)14(13-10)9(3)4/h9,15H,5-8H2,1-4H3. The van der Waals surface area contributed by atoms with Gasteiger partial charge in [0.2, 0.25) is 0 Å². The van der Waals surface area contributed by atoms with E-state index in [0.29, 0.717) is 11.8 Å². The van der Waals surface area contributed by atoms with E-state index in [2.05, 4.69) is 32.8 Å². The van der Waals surface area contributed by atoms with Gasteiger partial charge in [-0.25, -0.2) is 0 Å². The zero-order chi connectivity index (χ0) is 11.4. The highest BCUT2D eigenvalue weighted by atomic mass is 16.3. The first-order valence-corrected chi connectivity index (χ1v) is 5.91. The summed E-state index contributed by atoms with van der Waals surface area (Å²) in [4.78, 5) is 0. The average molecular weight is 210 g/mol. The fraction of sp³-hybridized carbons (Fsp3) is 0.750. The number of unbranched alkanes of at least 4 members (excludes halogenated alkanes) is 1. The maximum atomic E-state index is 10.0. The van der Waals surface area contributed by atoms with E-state index < -0.39 is 0 Å². The molecule has 0 aromatic carbocycles. The molecule has 3 heteroatoms. The van der Waals surface area contributed by atoms with Crippen LogP contribution in [0.4, 0.5) is 0 Å². The third kappa shape index (κ3) is 2.52. The molecule has 1 heterocycles. The average Bonchev–Trinajstić information content (AvgIpc) is 2.52. The summed E-state index contributed by atoms with van der Waals surface area (Å²) in [5, 5.41) is 14.5. The zero-order valence-corrected chi connectivity index (χ0v) is 10.2. The number of aromatic nitrogens is 2. The van der Waals surface area contributed by atoms with Crippen LogP contribution in [0.3, 0.4) is 0 Å². The van der Waals surface area contributed by atoms with Crippen LogP contribution in [0.1, 0.15) is 58.0 Å². The van der Waals surface area contributed by atoms with Crippen molar-refractivity contribution in [2.75, 3.05) is 0 Å². The lowest BCUT2D eigenvalue weighted by Gasteiger charge is -2.08. The Labute approximate surface area is 92.1 Å². The van der Waals surface area contributed by atoms with E-state index in [-0.39, 0.29) is 0 Å². The fourth-order valence-corrected chi connectivity index (χ4v) is 1.78. The first-order valence-electron chi connectivity index (χ1n) is 5.91. The Morgan fingerprint density at radius 2 is 2.00 bits per heavy atom. The first-order chi connectivity index (χ1) is 7.11.